The first-order valence-electron chi connectivity index (χ1n) is 6.55. The topological polar surface area (TPSA) is 21.3 Å². The van der Waals surface area contributed by atoms with Crippen LogP contribution >= 0.6 is 0 Å². The number of unbranched alkanes of at least 4 members (excludes halogenated alkanes) is 3. The Morgan fingerprint density at radius 3 is 2.27 bits per heavy atom. The molecule has 0 aliphatic carbocycles. The maximum Gasteiger partial charge on any atom is 0.0466 e. The summed E-state index contributed by atoms with van der Waals surface area (Å²) in [4.78, 5) is 0. The van der Waals surface area contributed by atoms with Crippen molar-refractivity contribution in [2.24, 2.45) is 5.92 Å². The molecule has 2 nitrogen and oxygen atoms in total. The third-order valence-corrected chi connectivity index (χ3v) is 2.34. The number of hydrogen-bond acceptors (Lipinski definition) is 2. The van der Waals surface area contributed by atoms with Crippen molar-refractivity contribution in [1.82, 2.24) is 5.32 Å². The van der Waals surface area contributed by atoms with Crippen molar-refractivity contribution in [3.63, 3.8) is 0 Å². The molecule has 0 aliphatic heterocycles. The highest BCUT2D eigenvalue weighted by molar-refractivity contribution is 4.51. The minimum absolute atomic E-state index is 0.760. The van der Waals surface area contributed by atoms with Crippen molar-refractivity contribution in [2.75, 3.05) is 26.3 Å². The first-order chi connectivity index (χ1) is 7.27. The quantitative estimate of drug-likeness (QED) is 0.534. The number of rotatable bonds is 11. The summed E-state index contributed by atoms with van der Waals surface area (Å²) in [6, 6.07) is 0. The lowest BCUT2D eigenvalue weighted by Crippen LogP contribution is -2.20. The summed E-state index contributed by atoms with van der Waals surface area (Å²) in [5.41, 5.74) is 0. The number of hydrogen-bond donors (Lipinski definition) is 1. The van der Waals surface area contributed by atoms with Crippen LogP contribution < -0.4 is 5.32 Å². The maximum atomic E-state index is 5.54. The third-order valence-electron chi connectivity index (χ3n) is 2.34. The van der Waals surface area contributed by atoms with Crippen molar-refractivity contribution in [1.29, 1.82) is 0 Å². The molecule has 0 atom stereocenters. The van der Waals surface area contributed by atoms with Crippen molar-refractivity contribution in [2.45, 2.75) is 52.9 Å². The second kappa shape index (κ2) is 12.0. The summed E-state index contributed by atoms with van der Waals surface area (Å²) in [7, 11) is 0. The molecule has 0 fully saturated rings. The Balaban J connectivity index is 2.87. The molecule has 0 bridgehead atoms. The largest absolute Gasteiger partial charge is 0.381 e. The van der Waals surface area contributed by atoms with Crippen LogP contribution in [-0.2, 0) is 4.74 Å². The van der Waals surface area contributed by atoms with Gasteiger partial charge in [-0.1, -0.05) is 33.6 Å². The lowest BCUT2D eigenvalue weighted by atomic mass is 10.2. The first-order valence-corrected chi connectivity index (χ1v) is 6.55. The Kier molecular flexibility index (Phi) is 11.9. The van der Waals surface area contributed by atoms with Crippen LogP contribution in [0, 0.1) is 5.92 Å². The van der Waals surface area contributed by atoms with Crippen LogP contribution in [0.3, 0.4) is 0 Å². The van der Waals surface area contributed by atoms with E-state index in [0.29, 0.717) is 0 Å². The Labute approximate surface area is 95.8 Å². The van der Waals surface area contributed by atoms with Gasteiger partial charge in [0.25, 0.3) is 0 Å². The van der Waals surface area contributed by atoms with Gasteiger partial charge < -0.3 is 10.1 Å². The van der Waals surface area contributed by atoms with Crippen LogP contribution in [0.1, 0.15) is 52.9 Å². The van der Waals surface area contributed by atoms with Gasteiger partial charge in [0, 0.05) is 13.2 Å². The molecule has 0 aromatic heterocycles. The SMILES string of the molecule is CCCCCOCCCCNCC(C)C. The van der Waals surface area contributed by atoms with Gasteiger partial charge in [0.2, 0.25) is 0 Å². The summed E-state index contributed by atoms with van der Waals surface area (Å²) in [6.07, 6.45) is 6.23. The molecular weight excluding hydrogens is 186 g/mol. The average Bonchev–Trinajstić information content (AvgIpc) is 2.20. The molecule has 0 rings (SSSR count). The van der Waals surface area contributed by atoms with E-state index in [1.54, 1.807) is 0 Å². The summed E-state index contributed by atoms with van der Waals surface area (Å²) >= 11 is 0. The van der Waals surface area contributed by atoms with Gasteiger partial charge in [-0.25, -0.2) is 0 Å². The van der Waals surface area contributed by atoms with Crippen molar-refractivity contribution in [3.05, 3.63) is 0 Å². The summed E-state index contributed by atoms with van der Waals surface area (Å²) in [5, 5.41) is 3.44. The van der Waals surface area contributed by atoms with Crippen LogP contribution in [0.2, 0.25) is 0 Å². The van der Waals surface area contributed by atoms with Gasteiger partial charge in [-0.2, -0.15) is 0 Å². The zero-order valence-electron chi connectivity index (χ0n) is 10.8. The predicted molar refractivity (Wildman–Crippen MR) is 67.3 cm³/mol. The Morgan fingerprint density at radius 1 is 1.00 bits per heavy atom. The van der Waals surface area contributed by atoms with E-state index in [9.17, 15) is 0 Å². The Bertz CT molecular complexity index is 115. The smallest absolute Gasteiger partial charge is 0.0466 e. The highest BCUT2D eigenvalue weighted by atomic mass is 16.5. The van der Waals surface area contributed by atoms with E-state index >= 15 is 0 Å². The summed E-state index contributed by atoms with van der Waals surface area (Å²) in [6.45, 7) is 10.9. The predicted octanol–water partition coefficient (Wildman–Crippen LogP) is 3.22. The van der Waals surface area contributed by atoms with E-state index in [0.717, 1.165) is 32.2 Å². The summed E-state index contributed by atoms with van der Waals surface area (Å²) < 4.78 is 5.54. The van der Waals surface area contributed by atoms with Gasteiger partial charge in [0.05, 0.1) is 0 Å². The molecule has 0 amide bonds. The molecule has 0 unspecified atom stereocenters. The Hall–Kier alpha value is -0.0800. The normalized spacial score (nSPS) is 11.2. The number of ether oxygens (including phenoxy) is 1. The van der Waals surface area contributed by atoms with Crippen LogP contribution in [0.25, 0.3) is 0 Å². The molecule has 0 aromatic carbocycles. The molecule has 2 heteroatoms. The molecular formula is C13H29NO. The minimum atomic E-state index is 0.760. The van der Waals surface area contributed by atoms with Crippen LogP contribution in [0.15, 0.2) is 0 Å². The van der Waals surface area contributed by atoms with E-state index in [-0.39, 0.29) is 0 Å². The van der Waals surface area contributed by atoms with Gasteiger partial charge >= 0.3 is 0 Å². The minimum Gasteiger partial charge on any atom is -0.381 e. The van der Waals surface area contributed by atoms with Crippen molar-refractivity contribution in [3.8, 4) is 0 Å². The molecule has 0 spiro atoms. The average molecular weight is 215 g/mol. The molecule has 0 radical (unpaired) electrons. The highest BCUT2D eigenvalue weighted by Gasteiger charge is 1.93. The number of nitrogens with one attached hydrogen (secondary N) is 1. The van der Waals surface area contributed by atoms with E-state index < -0.39 is 0 Å². The van der Waals surface area contributed by atoms with E-state index in [1.165, 1.54) is 32.1 Å². The van der Waals surface area contributed by atoms with Gasteiger partial charge in [-0.15, -0.1) is 0 Å². The molecule has 0 aliphatic rings. The zero-order chi connectivity index (χ0) is 11.4. The molecule has 0 aromatic rings. The fourth-order valence-electron chi connectivity index (χ4n) is 1.40. The van der Waals surface area contributed by atoms with Crippen molar-refractivity contribution >= 4 is 0 Å². The molecule has 0 saturated carbocycles. The highest BCUT2D eigenvalue weighted by Crippen LogP contribution is 1.96. The van der Waals surface area contributed by atoms with Gasteiger partial charge in [0.15, 0.2) is 0 Å². The molecule has 15 heavy (non-hydrogen) atoms. The second-order valence-corrected chi connectivity index (χ2v) is 4.62. The second-order valence-electron chi connectivity index (χ2n) is 4.62. The van der Waals surface area contributed by atoms with Crippen molar-refractivity contribution < 1.29 is 4.74 Å². The summed E-state index contributed by atoms with van der Waals surface area (Å²) in [5.74, 6) is 0.760. The first kappa shape index (κ1) is 14.9. The third kappa shape index (κ3) is 13.9. The lowest BCUT2D eigenvalue weighted by Gasteiger charge is -2.07. The van der Waals surface area contributed by atoms with E-state index in [4.69, 9.17) is 4.74 Å². The Morgan fingerprint density at radius 2 is 1.67 bits per heavy atom. The van der Waals surface area contributed by atoms with Gasteiger partial charge in [-0.3, -0.25) is 0 Å². The van der Waals surface area contributed by atoms with Gasteiger partial charge in [0.1, 0.15) is 0 Å². The van der Waals surface area contributed by atoms with Crippen LogP contribution in [-0.4, -0.2) is 26.3 Å². The van der Waals surface area contributed by atoms with Gasteiger partial charge in [-0.05, 0) is 38.3 Å². The monoisotopic (exact) mass is 215 g/mol. The lowest BCUT2D eigenvalue weighted by molar-refractivity contribution is 0.126. The van der Waals surface area contributed by atoms with E-state index in [1.807, 2.05) is 0 Å². The van der Waals surface area contributed by atoms with Crippen LogP contribution in [0.5, 0.6) is 0 Å². The molecule has 0 heterocycles. The standard InChI is InChI=1S/C13H29NO/c1-4-5-7-10-15-11-8-6-9-14-12-13(2)3/h13-14H,4-12H2,1-3H3. The molecule has 0 saturated heterocycles. The van der Waals surface area contributed by atoms with E-state index in [2.05, 4.69) is 26.1 Å². The zero-order valence-corrected chi connectivity index (χ0v) is 10.8. The molecule has 1 N–H and O–H groups in total. The molecule has 92 valence electrons. The maximum absolute atomic E-state index is 5.54. The van der Waals surface area contributed by atoms with Crippen LogP contribution in [0.4, 0.5) is 0 Å². The fraction of sp³-hybridized carbons (Fsp3) is 1.00. The fourth-order valence-corrected chi connectivity index (χ4v) is 1.40.